The van der Waals surface area contributed by atoms with Crippen LogP contribution in [0.3, 0.4) is 0 Å². The monoisotopic (exact) mass is 1310 g/mol. The molecule has 0 aromatic heterocycles. The molecule has 14 rings (SSSR count). The summed E-state index contributed by atoms with van der Waals surface area (Å²) in [7, 11) is -12.3. The van der Waals surface area contributed by atoms with Crippen LogP contribution in [0.2, 0.25) is 0 Å². The summed E-state index contributed by atoms with van der Waals surface area (Å²) in [5, 5.41) is 0. The summed E-state index contributed by atoms with van der Waals surface area (Å²) in [6, 6.07) is 53.8. The van der Waals surface area contributed by atoms with Crippen LogP contribution in [0.15, 0.2) is 196 Å². The van der Waals surface area contributed by atoms with Crippen molar-refractivity contribution in [2.75, 3.05) is 46.0 Å². The summed E-state index contributed by atoms with van der Waals surface area (Å²) in [5.74, 6) is 0.0959. The van der Waals surface area contributed by atoms with Gasteiger partial charge in [-0.15, -0.1) is 0 Å². The fourth-order valence-corrected chi connectivity index (χ4v) is 19.2. The number of amides is 1. The van der Waals surface area contributed by atoms with Gasteiger partial charge in [0.1, 0.15) is 0 Å². The zero-order valence-electron chi connectivity index (χ0n) is 52.2. The van der Waals surface area contributed by atoms with Crippen LogP contribution in [-0.2, 0) is 114 Å². The molecular formula is C73H80BN4O10S4. The molecule has 19 heteroatoms. The highest BCUT2D eigenvalue weighted by Gasteiger charge is 2.33. The first-order valence-corrected chi connectivity index (χ1v) is 38.0. The number of carbonyl (C=O) groups is 1. The Hall–Kier alpha value is -7.71. The Morgan fingerprint density at radius 1 is 0.370 bits per heavy atom. The molecule has 479 valence electrons. The molecule has 0 bridgehead atoms. The lowest BCUT2D eigenvalue weighted by atomic mass is 9.92. The molecule has 3 aliphatic carbocycles. The standard InChI is InChI=1S/C20H22N2O4S.C19H21NO2S.C17H19NO2S.C17H18O2S.B/c1-26-20(23)21-12-4-8-16-14-17(10-11-18(16)21)27(24,25)22-13-5-7-15-6-2-3-9-19(15)22;21-23(22,18-12-11-15-6-1-2-8-17(15)14-18)20-13-5-9-16-7-3-4-10-19(16)20;18-16-8-5-13(6-9-16)12-21(19,20)17-10-7-14-3-1-2-4-15(14)11-17;18-20(19,13-14-6-2-1-3-7-14)17-11-10-15-8-4-5-9-16(15)12-17;/h2-3,6,9-11,14H,4-5,7-8,12-13H2,1H3;3-4,7,10-12,14H,1-2,5-6,8-9,13H2;5-11H,1-4,12,18H2;1-3,6-7,10-12H,4-5,8-9,13H2;. The van der Waals surface area contributed by atoms with Crippen molar-refractivity contribution in [1.82, 2.24) is 0 Å². The molecule has 3 radical (unpaired) electrons. The molecule has 1 amide bonds. The number of fused-ring (bicyclic) bond motifs is 6. The second-order valence-corrected chi connectivity index (χ2v) is 32.0. The van der Waals surface area contributed by atoms with Gasteiger partial charge < -0.3 is 10.5 Å². The molecule has 8 aromatic rings. The number of sulfonamides is 2. The number of nitrogen functional groups attached to an aromatic ring is 1. The van der Waals surface area contributed by atoms with Crippen molar-refractivity contribution in [3.05, 3.63) is 237 Å². The maximum absolute atomic E-state index is 13.3. The van der Waals surface area contributed by atoms with E-state index in [1.54, 1.807) is 69.9 Å². The van der Waals surface area contributed by atoms with Gasteiger partial charge in [-0.05, 0) is 256 Å². The Kier molecular flexibility index (Phi) is 21.5. The van der Waals surface area contributed by atoms with Crippen molar-refractivity contribution in [3.63, 3.8) is 0 Å². The highest BCUT2D eigenvalue weighted by molar-refractivity contribution is 7.93. The quantitative estimate of drug-likeness (QED) is 0.101. The van der Waals surface area contributed by atoms with Gasteiger partial charge in [-0.2, -0.15) is 0 Å². The Morgan fingerprint density at radius 2 is 0.728 bits per heavy atom. The first-order chi connectivity index (χ1) is 43.9. The van der Waals surface area contributed by atoms with Crippen LogP contribution in [0, 0.1) is 0 Å². The third-order valence-corrected chi connectivity index (χ3v) is 25.1. The van der Waals surface area contributed by atoms with E-state index >= 15 is 0 Å². The highest BCUT2D eigenvalue weighted by atomic mass is 32.2. The van der Waals surface area contributed by atoms with E-state index in [1.807, 2.05) is 115 Å². The third kappa shape index (κ3) is 15.5. The minimum Gasteiger partial charge on any atom is -0.452 e. The van der Waals surface area contributed by atoms with Crippen molar-refractivity contribution >= 4 is 77.0 Å². The lowest BCUT2D eigenvalue weighted by Gasteiger charge is -2.32. The van der Waals surface area contributed by atoms with Crippen molar-refractivity contribution in [2.45, 2.75) is 147 Å². The Bertz CT molecular complexity index is 4420. The zero-order valence-corrected chi connectivity index (χ0v) is 55.5. The molecule has 92 heavy (non-hydrogen) atoms. The molecule has 2 N–H and O–H groups in total. The van der Waals surface area contributed by atoms with E-state index in [9.17, 15) is 38.5 Å². The zero-order chi connectivity index (χ0) is 63.8. The minimum atomic E-state index is -3.65. The number of ether oxygens (including phenoxy) is 1. The van der Waals surface area contributed by atoms with E-state index < -0.39 is 45.8 Å². The number of hydrogen-bond donors (Lipinski definition) is 1. The smallest absolute Gasteiger partial charge is 0.414 e. The van der Waals surface area contributed by atoms with Crippen LogP contribution in [-0.4, -0.2) is 74.9 Å². The number of nitrogens with zero attached hydrogens (tertiary/aromatic N) is 3. The van der Waals surface area contributed by atoms with E-state index in [0.717, 1.165) is 141 Å². The molecule has 3 heterocycles. The molecule has 0 spiro atoms. The summed E-state index contributed by atoms with van der Waals surface area (Å²) in [6.07, 6.45) is 17.9. The topological polar surface area (TPSA) is 199 Å². The number of aryl methyl sites for hydroxylation is 9. The summed E-state index contributed by atoms with van der Waals surface area (Å²) in [4.78, 5) is 15.1. The minimum absolute atomic E-state index is 0. The van der Waals surface area contributed by atoms with Crippen LogP contribution in [0.1, 0.15) is 119 Å². The van der Waals surface area contributed by atoms with E-state index in [0.29, 0.717) is 40.0 Å². The van der Waals surface area contributed by atoms with Gasteiger partial charge in [0.25, 0.3) is 20.0 Å². The number of sulfone groups is 2. The lowest BCUT2D eigenvalue weighted by Crippen LogP contribution is -2.37. The van der Waals surface area contributed by atoms with E-state index in [-0.39, 0.29) is 24.8 Å². The van der Waals surface area contributed by atoms with E-state index in [4.69, 9.17) is 10.5 Å². The second kappa shape index (κ2) is 29.5. The second-order valence-electron chi connectivity index (χ2n) is 24.3. The predicted octanol–water partition coefficient (Wildman–Crippen LogP) is 13.3. The number of para-hydroxylation sites is 2. The third-order valence-electron chi connectivity index (χ3n) is 18.1. The number of benzene rings is 8. The van der Waals surface area contributed by atoms with Gasteiger partial charge in [-0.25, -0.2) is 38.5 Å². The van der Waals surface area contributed by atoms with Crippen LogP contribution >= 0.6 is 0 Å². The van der Waals surface area contributed by atoms with Gasteiger partial charge in [0, 0.05) is 33.7 Å². The molecule has 3 aliphatic heterocycles. The Balaban J connectivity index is 0.000000135. The van der Waals surface area contributed by atoms with Crippen LogP contribution < -0.4 is 19.2 Å². The van der Waals surface area contributed by atoms with Gasteiger partial charge in [-0.1, -0.05) is 97.1 Å². The number of hydrogen-bond acceptors (Lipinski definition) is 11. The van der Waals surface area contributed by atoms with Crippen LogP contribution in [0.5, 0.6) is 0 Å². The van der Waals surface area contributed by atoms with Crippen molar-refractivity contribution in [1.29, 1.82) is 0 Å². The van der Waals surface area contributed by atoms with Gasteiger partial charge in [0.05, 0.1) is 55.3 Å². The number of methoxy groups -OCH3 is 1. The maximum atomic E-state index is 13.3. The predicted molar refractivity (Wildman–Crippen MR) is 367 cm³/mol. The van der Waals surface area contributed by atoms with Crippen molar-refractivity contribution in [2.24, 2.45) is 0 Å². The van der Waals surface area contributed by atoms with Crippen molar-refractivity contribution in [3.8, 4) is 0 Å². The number of nitrogens with two attached hydrogens (primary N) is 1. The summed E-state index contributed by atoms with van der Waals surface area (Å²) < 4.78 is 111. The molecule has 0 unspecified atom stereocenters. The average Bonchev–Trinajstić information content (AvgIpc) is 0.822. The number of rotatable bonds is 10. The normalized spacial score (nSPS) is 15.8. The summed E-state index contributed by atoms with van der Waals surface area (Å²) >= 11 is 0. The molecule has 6 aliphatic rings. The van der Waals surface area contributed by atoms with E-state index in [1.165, 1.54) is 64.1 Å². The Labute approximate surface area is 546 Å². The number of carbonyl (C=O) groups excluding carboxylic acids is 1. The molecule has 0 fully saturated rings. The fraction of sp³-hybridized carbons (Fsp3) is 0.329. The van der Waals surface area contributed by atoms with Gasteiger partial charge in [-0.3, -0.25) is 13.5 Å². The first kappa shape index (κ1) is 67.2. The SMILES string of the molecule is COC(=O)N1CCCc2cc(S(=O)(=O)N3CCCc4ccccc43)ccc21.Nc1ccc(CS(=O)(=O)c2ccc3c(c2)CCCC3)cc1.O=S(=O)(Cc1ccccc1)c1ccc2c(c1)CCCC2.O=S(=O)(c1ccc2c(c1)CCCC2)N1CCCc2ccccc21.[B]. The largest absolute Gasteiger partial charge is 0.452 e. The molecule has 0 saturated carbocycles. The lowest BCUT2D eigenvalue weighted by molar-refractivity contribution is 0.178. The Morgan fingerprint density at radius 3 is 1.20 bits per heavy atom. The van der Waals surface area contributed by atoms with Crippen molar-refractivity contribution < 1.29 is 43.2 Å². The van der Waals surface area contributed by atoms with Gasteiger partial charge in [0.15, 0.2) is 19.7 Å². The number of anilines is 4. The van der Waals surface area contributed by atoms with Crippen LogP contribution in [0.25, 0.3) is 0 Å². The van der Waals surface area contributed by atoms with E-state index in [2.05, 4.69) is 0 Å². The summed E-state index contributed by atoms with van der Waals surface area (Å²) in [5.41, 5.74) is 20.8. The molecular weight excluding hydrogens is 1230 g/mol. The average molecular weight is 1310 g/mol. The molecule has 0 atom stereocenters. The molecule has 0 saturated heterocycles. The first-order valence-electron chi connectivity index (χ1n) is 31.8. The maximum Gasteiger partial charge on any atom is 0.414 e. The fourth-order valence-electron chi connectivity index (χ4n) is 13.3. The summed E-state index contributed by atoms with van der Waals surface area (Å²) in [6.45, 7) is 1.62. The molecule has 14 nitrogen and oxygen atoms in total. The van der Waals surface area contributed by atoms with Gasteiger partial charge in [0.2, 0.25) is 0 Å². The highest BCUT2D eigenvalue weighted by Crippen LogP contribution is 2.37. The van der Waals surface area contributed by atoms with Gasteiger partial charge >= 0.3 is 6.09 Å². The molecule has 8 aromatic carbocycles. The van der Waals surface area contributed by atoms with Crippen LogP contribution in [0.4, 0.5) is 27.5 Å².